The largest absolute Gasteiger partial charge is 0.495 e. The SMILES string of the molecule is COc1cc(C(=O)OC[C@H]2OC(O)[C@H](O)C(O)[C@@H]2O)ccc1NC(=O)[C@@H]1N[C@@H](CC(C)(C)C)[C@](C#N)(c2ccc(Cl)cc2F)[C@H]1c1cccc(Cl)c1F. The number of carbonyl (C=O) groups excluding carboxylic acids is 2. The van der Waals surface area contributed by atoms with Gasteiger partial charge in [0.2, 0.25) is 5.91 Å². The van der Waals surface area contributed by atoms with E-state index in [0.29, 0.717) is 0 Å². The first-order chi connectivity index (χ1) is 24.9. The Morgan fingerprint density at radius 3 is 2.40 bits per heavy atom. The topological polar surface area (TPSA) is 191 Å². The molecule has 53 heavy (non-hydrogen) atoms. The molecule has 0 spiro atoms. The number of nitriles is 1. The minimum atomic E-state index is -1.85. The number of hydrogen-bond donors (Lipinski definition) is 6. The van der Waals surface area contributed by atoms with E-state index in [9.17, 15) is 35.3 Å². The number of hydrogen-bond acceptors (Lipinski definition) is 11. The maximum atomic E-state index is 16.0. The fraction of sp³-hybridized carbons (Fsp3) is 0.432. The molecule has 12 nitrogen and oxygen atoms in total. The smallest absolute Gasteiger partial charge is 0.338 e. The van der Waals surface area contributed by atoms with Crippen molar-refractivity contribution in [3.63, 3.8) is 0 Å². The van der Waals surface area contributed by atoms with E-state index in [1.807, 2.05) is 20.8 Å². The predicted octanol–water partition coefficient (Wildman–Crippen LogP) is 4.20. The van der Waals surface area contributed by atoms with Gasteiger partial charge in [0.15, 0.2) is 6.29 Å². The lowest BCUT2D eigenvalue weighted by Gasteiger charge is -2.37. The molecule has 3 aromatic rings. The van der Waals surface area contributed by atoms with Crippen LogP contribution in [0.2, 0.25) is 10.0 Å². The van der Waals surface area contributed by atoms with E-state index in [-0.39, 0.29) is 44.6 Å². The van der Waals surface area contributed by atoms with Crippen molar-refractivity contribution in [1.29, 1.82) is 5.26 Å². The van der Waals surface area contributed by atoms with Crippen LogP contribution in [0.3, 0.4) is 0 Å². The average molecular weight is 779 g/mol. The van der Waals surface area contributed by atoms with E-state index in [2.05, 4.69) is 16.7 Å². The third-order valence-corrected chi connectivity index (χ3v) is 10.0. The molecule has 3 aromatic carbocycles. The van der Waals surface area contributed by atoms with E-state index in [4.69, 9.17) is 37.4 Å². The lowest BCUT2D eigenvalue weighted by Crippen LogP contribution is -2.58. The number of esters is 1. The normalized spacial score (nSPS) is 28.6. The lowest BCUT2D eigenvalue weighted by molar-refractivity contribution is -0.286. The van der Waals surface area contributed by atoms with E-state index in [0.717, 1.165) is 6.07 Å². The summed E-state index contributed by atoms with van der Waals surface area (Å²) in [5, 5.41) is 56.3. The van der Waals surface area contributed by atoms with Crippen LogP contribution in [0.5, 0.6) is 5.75 Å². The second-order valence-electron chi connectivity index (χ2n) is 14.2. The molecule has 5 rings (SSSR count). The molecule has 0 radical (unpaired) electrons. The summed E-state index contributed by atoms with van der Waals surface area (Å²) in [6, 6.07) is 12.0. The zero-order valence-electron chi connectivity index (χ0n) is 29.0. The van der Waals surface area contributed by atoms with Gasteiger partial charge in [0.05, 0.1) is 35.5 Å². The number of rotatable bonds is 9. The molecule has 1 amide bonds. The second kappa shape index (κ2) is 15.8. The van der Waals surface area contributed by atoms with E-state index in [1.54, 1.807) is 0 Å². The monoisotopic (exact) mass is 777 g/mol. The van der Waals surface area contributed by atoms with Crippen molar-refractivity contribution in [2.75, 3.05) is 19.0 Å². The van der Waals surface area contributed by atoms with Gasteiger partial charge in [0, 0.05) is 22.5 Å². The summed E-state index contributed by atoms with van der Waals surface area (Å²) in [5.74, 6) is -4.68. The third-order valence-electron chi connectivity index (χ3n) is 9.49. The van der Waals surface area contributed by atoms with Crippen LogP contribution in [-0.4, -0.2) is 88.8 Å². The Morgan fingerprint density at radius 2 is 1.75 bits per heavy atom. The van der Waals surface area contributed by atoms with Crippen molar-refractivity contribution >= 4 is 40.8 Å². The number of nitrogens with one attached hydrogen (secondary N) is 2. The van der Waals surface area contributed by atoms with E-state index < -0.39 is 89.7 Å². The molecular formula is C37H39Cl2F2N3O9. The molecule has 16 heteroatoms. The Balaban J connectivity index is 1.49. The molecule has 2 unspecified atom stereocenters. The summed E-state index contributed by atoms with van der Waals surface area (Å²) in [5.41, 5.74) is -2.47. The van der Waals surface area contributed by atoms with Gasteiger partial charge in [-0.2, -0.15) is 5.26 Å². The Labute approximate surface area is 314 Å². The number of anilines is 1. The number of halogens is 4. The van der Waals surface area contributed by atoms with Gasteiger partial charge in [-0.15, -0.1) is 0 Å². The highest BCUT2D eigenvalue weighted by atomic mass is 35.5. The van der Waals surface area contributed by atoms with Crippen LogP contribution in [0.1, 0.15) is 54.6 Å². The van der Waals surface area contributed by atoms with Crippen LogP contribution in [0.15, 0.2) is 54.6 Å². The second-order valence-corrected chi connectivity index (χ2v) is 15.1. The van der Waals surface area contributed by atoms with Gasteiger partial charge in [-0.1, -0.05) is 62.2 Å². The van der Waals surface area contributed by atoms with Crippen LogP contribution in [0, 0.1) is 28.4 Å². The minimum Gasteiger partial charge on any atom is -0.495 e. The Bertz CT molecular complexity index is 1910. The maximum absolute atomic E-state index is 16.0. The van der Waals surface area contributed by atoms with Crippen molar-refractivity contribution in [1.82, 2.24) is 5.32 Å². The molecule has 0 aliphatic carbocycles. The van der Waals surface area contributed by atoms with E-state index >= 15 is 8.78 Å². The number of benzene rings is 3. The molecule has 2 aliphatic rings. The van der Waals surface area contributed by atoms with Crippen molar-refractivity contribution in [3.05, 3.63) is 93.0 Å². The highest BCUT2D eigenvalue weighted by Gasteiger charge is 2.61. The number of nitrogens with zero attached hydrogens (tertiary/aromatic N) is 1. The summed E-state index contributed by atoms with van der Waals surface area (Å²) in [7, 11) is 1.28. The number of aliphatic hydroxyl groups is 4. The Kier molecular flexibility index (Phi) is 12.0. The zero-order valence-corrected chi connectivity index (χ0v) is 30.5. The van der Waals surface area contributed by atoms with Crippen LogP contribution in [0.4, 0.5) is 14.5 Å². The number of methoxy groups -OCH3 is 1. The van der Waals surface area contributed by atoms with Gasteiger partial charge in [0.1, 0.15) is 53.8 Å². The van der Waals surface area contributed by atoms with Crippen LogP contribution >= 0.6 is 23.2 Å². The zero-order chi connectivity index (χ0) is 39.0. The molecule has 9 atom stereocenters. The third kappa shape index (κ3) is 7.99. The Hall–Kier alpha value is -3.91. The molecule has 0 aromatic heterocycles. The molecule has 6 N–H and O–H groups in total. The first-order valence-electron chi connectivity index (χ1n) is 16.5. The van der Waals surface area contributed by atoms with Gasteiger partial charge in [-0.25, -0.2) is 13.6 Å². The summed E-state index contributed by atoms with van der Waals surface area (Å²) in [4.78, 5) is 27.3. The van der Waals surface area contributed by atoms with Gasteiger partial charge < -0.3 is 45.3 Å². The Morgan fingerprint density at radius 1 is 1.04 bits per heavy atom. The lowest BCUT2D eigenvalue weighted by atomic mass is 9.62. The first kappa shape index (κ1) is 40.3. The number of amides is 1. The summed E-state index contributed by atoms with van der Waals surface area (Å²) < 4.78 is 47.6. The molecule has 2 heterocycles. The first-order valence-corrected chi connectivity index (χ1v) is 17.3. The fourth-order valence-corrected chi connectivity index (χ4v) is 7.34. The quantitative estimate of drug-likeness (QED) is 0.171. The highest BCUT2D eigenvalue weighted by Crippen LogP contribution is 2.53. The molecule has 2 fully saturated rings. The molecule has 0 bridgehead atoms. The van der Waals surface area contributed by atoms with Crippen molar-refractivity contribution < 1.29 is 53.0 Å². The van der Waals surface area contributed by atoms with Crippen LogP contribution in [0.25, 0.3) is 0 Å². The van der Waals surface area contributed by atoms with Crippen molar-refractivity contribution in [3.8, 4) is 11.8 Å². The maximum Gasteiger partial charge on any atom is 0.338 e. The summed E-state index contributed by atoms with van der Waals surface area (Å²) in [6.07, 6.45) is -8.10. The molecule has 0 saturated carbocycles. The van der Waals surface area contributed by atoms with Gasteiger partial charge in [0.25, 0.3) is 0 Å². The average Bonchev–Trinajstić information content (AvgIpc) is 3.42. The number of carbonyl (C=O) groups is 2. The van der Waals surface area contributed by atoms with Crippen LogP contribution in [-0.2, 0) is 19.7 Å². The van der Waals surface area contributed by atoms with Crippen molar-refractivity contribution in [2.24, 2.45) is 5.41 Å². The van der Waals surface area contributed by atoms with Gasteiger partial charge in [-0.05, 0) is 53.8 Å². The molecule has 2 aliphatic heterocycles. The fourth-order valence-electron chi connectivity index (χ4n) is 7.00. The minimum absolute atomic E-state index is 0.000680. The predicted molar refractivity (Wildman–Crippen MR) is 188 cm³/mol. The molecule has 284 valence electrons. The van der Waals surface area contributed by atoms with E-state index in [1.165, 1.54) is 55.6 Å². The molecular weight excluding hydrogens is 739 g/mol. The number of aliphatic hydroxyl groups excluding tert-OH is 4. The number of ether oxygens (including phenoxy) is 3. The van der Waals surface area contributed by atoms with Crippen molar-refractivity contribution in [2.45, 2.75) is 81.3 Å². The summed E-state index contributed by atoms with van der Waals surface area (Å²) in [6.45, 7) is 5.14. The highest BCUT2D eigenvalue weighted by molar-refractivity contribution is 6.31. The standard InChI is InChI=1S/C37H39Cl2F2N3O9/c1-36(2,3)14-26-37(16-42,20-10-9-18(38)13-22(20)40)27(19-6-5-7-21(39)28(19)41)29(44-26)33(48)43-23-11-8-17(12-24(23)51-4)34(49)52-15-25-30(45)31(46)32(47)35(50)53-25/h5-13,25-27,29-32,35,44-47,50H,14-15H2,1-4H3,(H,43,48)/t25-,26+,27+,29-,30-,31?,32-,35?,37+/m1/s1. The summed E-state index contributed by atoms with van der Waals surface area (Å²) >= 11 is 12.3. The van der Waals surface area contributed by atoms with Gasteiger partial charge >= 0.3 is 5.97 Å². The van der Waals surface area contributed by atoms with Crippen LogP contribution < -0.4 is 15.4 Å². The molecule has 2 saturated heterocycles. The van der Waals surface area contributed by atoms with Gasteiger partial charge in [-0.3, -0.25) is 4.79 Å².